The monoisotopic (exact) mass is 494 g/mol. The molecule has 0 saturated carbocycles. The van der Waals surface area contributed by atoms with E-state index in [-0.39, 0.29) is 47.8 Å². The largest absolute Gasteiger partial charge is 0.489 e. The second kappa shape index (κ2) is 13.0. The van der Waals surface area contributed by atoms with E-state index in [1.54, 1.807) is 12.1 Å². The summed E-state index contributed by atoms with van der Waals surface area (Å²) in [6.07, 6.45) is 0. The molecule has 0 heterocycles. The van der Waals surface area contributed by atoms with E-state index in [9.17, 15) is 19.5 Å². The van der Waals surface area contributed by atoms with E-state index in [1.165, 1.54) is 38.5 Å². The number of hydrogen-bond acceptors (Lipinski definition) is 8. The van der Waals surface area contributed by atoms with Crippen LogP contribution in [0.15, 0.2) is 66.7 Å². The number of aromatic carboxylic acids is 1. The summed E-state index contributed by atoms with van der Waals surface area (Å²) in [5, 5.41) is 9.86. The van der Waals surface area contributed by atoms with Crippen molar-refractivity contribution in [1.29, 1.82) is 0 Å². The van der Waals surface area contributed by atoms with Crippen molar-refractivity contribution in [3.05, 3.63) is 89.0 Å². The zero-order valence-electron chi connectivity index (χ0n) is 19.9. The molecule has 3 aromatic carbocycles. The molecule has 0 atom stereocenters. The molecule has 0 spiro atoms. The van der Waals surface area contributed by atoms with Crippen molar-refractivity contribution >= 4 is 17.9 Å². The molecule has 0 aliphatic rings. The van der Waals surface area contributed by atoms with Gasteiger partial charge in [-0.05, 0) is 47.0 Å². The van der Waals surface area contributed by atoms with E-state index >= 15 is 0 Å². The number of benzene rings is 3. The van der Waals surface area contributed by atoms with Crippen molar-refractivity contribution in [1.82, 2.24) is 0 Å². The predicted molar refractivity (Wildman–Crippen MR) is 129 cm³/mol. The maximum atomic E-state index is 12.5. The van der Waals surface area contributed by atoms with Crippen molar-refractivity contribution < 1.29 is 43.2 Å². The second-order valence-corrected chi connectivity index (χ2v) is 7.49. The zero-order valence-corrected chi connectivity index (χ0v) is 19.9. The maximum Gasteiger partial charge on any atom is 0.340 e. The highest BCUT2D eigenvalue weighted by molar-refractivity contribution is 6.04. The Labute approximate surface area is 208 Å². The van der Waals surface area contributed by atoms with Gasteiger partial charge >= 0.3 is 17.9 Å². The van der Waals surface area contributed by atoms with Gasteiger partial charge < -0.3 is 28.8 Å². The normalized spacial score (nSPS) is 10.5. The molecule has 9 nitrogen and oxygen atoms in total. The average molecular weight is 494 g/mol. The minimum Gasteiger partial charge on any atom is -0.489 e. The third kappa shape index (κ3) is 6.91. The Morgan fingerprint density at radius 2 is 1.53 bits per heavy atom. The number of esters is 2. The molecule has 1 N–H and O–H groups in total. The Balaban J connectivity index is 1.88. The van der Waals surface area contributed by atoms with Crippen molar-refractivity contribution in [3.8, 4) is 16.9 Å². The van der Waals surface area contributed by atoms with E-state index in [1.807, 2.05) is 30.3 Å². The molecule has 0 radical (unpaired) electrons. The van der Waals surface area contributed by atoms with E-state index in [2.05, 4.69) is 0 Å². The quantitative estimate of drug-likeness (QED) is 0.225. The molecule has 0 aliphatic heterocycles. The minimum atomic E-state index is -1.21. The summed E-state index contributed by atoms with van der Waals surface area (Å²) in [5.41, 5.74) is 1.48. The lowest BCUT2D eigenvalue weighted by Gasteiger charge is -2.14. The molecular formula is C27H26O9. The van der Waals surface area contributed by atoms with Gasteiger partial charge in [-0.1, -0.05) is 36.4 Å². The Hall–Kier alpha value is -4.21. The van der Waals surface area contributed by atoms with Gasteiger partial charge in [-0.2, -0.15) is 0 Å². The van der Waals surface area contributed by atoms with Crippen molar-refractivity contribution in [2.75, 3.05) is 34.2 Å². The molecule has 36 heavy (non-hydrogen) atoms. The molecule has 3 aromatic rings. The van der Waals surface area contributed by atoms with Gasteiger partial charge in [-0.25, -0.2) is 14.4 Å². The summed E-state index contributed by atoms with van der Waals surface area (Å²) >= 11 is 0. The molecule has 0 aliphatic carbocycles. The third-order valence-corrected chi connectivity index (χ3v) is 5.13. The average Bonchev–Trinajstić information content (AvgIpc) is 2.91. The van der Waals surface area contributed by atoms with Crippen LogP contribution < -0.4 is 4.74 Å². The molecule has 3 rings (SSSR count). The van der Waals surface area contributed by atoms with E-state index < -0.39 is 17.9 Å². The first-order chi connectivity index (χ1) is 17.4. The smallest absolute Gasteiger partial charge is 0.340 e. The lowest BCUT2D eigenvalue weighted by atomic mass is 9.93. The highest BCUT2D eigenvalue weighted by Crippen LogP contribution is 2.32. The summed E-state index contributed by atoms with van der Waals surface area (Å²) in [5.74, 6) is -2.31. The maximum absolute atomic E-state index is 12.5. The zero-order chi connectivity index (χ0) is 25.9. The lowest BCUT2D eigenvalue weighted by molar-refractivity contribution is -0.0436. The van der Waals surface area contributed by atoms with Crippen molar-refractivity contribution in [3.63, 3.8) is 0 Å². The molecule has 9 heteroatoms. The molecule has 188 valence electrons. The predicted octanol–water partition coefficient (Wildman–Crippen LogP) is 4.19. The number of carbonyl (C=O) groups is 3. The fourth-order valence-corrected chi connectivity index (χ4v) is 3.33. The van der Waals surface area contributed by atoms with Gasteiger partial charge in [0.1, 0.15) is 12.4 Å². The van der Waals surface area contributed by atoms with Crippen LogP contribution in [0, 0.1) is 0 Å². The van der Waals surface area contributed by atoms with Crippen LogP contribution >= 0.6 is 0 Å². The van der Waals surface area contributed by atoms with Crippen molar-refractivity contribution in [2.45, 2.75) is 6.61 Å². The second-order valence-electron chi connectivity index (χ2n) is 7.49. The van der Waals surface area contributed by atoms with Crippen molar-refractivity contribution in [2.24, 2.45) is 0 Å². The van der Waals surface area contributed by atoms with Gasteiger partial charge in [-0.3, -0.25) is 0 Å². The Morgan fingerprint density at radius 1 is 0.806 bits per heavy atom. The van der Waals surface area contributed by atoms with Crippen LogP contribution in [0.5, 0.6) is 5.75 Å². The van der Waals surface area contributed by atoms with Gasteiger partial charge in [0.05, 0.1) is 37.0 Å². The number of hydrogen-bond donors (Lipinski definition) is 1. The van der Waals surface area contributed by atoms with Crippen LogP contribution in [0.1, 0.15) is 36.6 Å². The summed E-state index contributed by atoms with van der Waals surface area (Å²) in [6.45, 7) is 0.573. The minimum absolute atomic E-state index is 0.00713. The highest BCUT2D eigenvalue weighted by Gasteiger charge is 2.22. The third-order valence-electron chi connectivity index (χ3n) is 5.13. The van der Waals surface area contributed by atoms with Gasteiger partial charge in [0, 0.05) is 7.11 Å². The molecule has 0 amide bonds. The Kier molecular flexibility index (Phi) is 9.56. The number of rotatable bonds is 12. The van der Waals surface area contributed by atoms with Crippen LogP contribution in [-0.4, -0.2) is 57.2 Å². The van der Waals surface area contributed by atoms with Gasteiger partial charge in [-0.15, -0.1) is 0 Å². The van der Waals surface area contributed by atoms with Crippen LogP contribution in [0.2, 0.25) is 0 Å². The first-order valence-electron chi connectivity index (χ1n) is 10.9. The first kappa shape index (κ1) is 26.4. The summed E-state index contributed by atoms with van der Waals surface area (Å²) in [6, 6.07) is 18.2. The lowest BCUT2D eigenvalue weighted by Crippen LogP contribution is -2.13. The molecule has 0 aromatic heterocycles. The number of carboxylic acids is 1. The first-order valence-corrected chi connectivity index (χ1v) is 10.9. The molecule has 0 bridgehead atoms. The summed E-state index contributed by atoms with van der Waals surface area (Å²) in [4.78, 5) is 37.0. The van der Waals surface area contributed by atoms with Gasteiger partial charge in [0.15, 0.2) is 6.79 Å². The topological polar surface area (TPSA) is 118 Å². The van der Waals surface area contributed by atoms with Crippen LogP contribution in [0.3, 0.4) is 0 Å². The molecule has 0 fully saturated rings. The number of carboxylic acid groups (broad SMARTS) is 1. The Morgan fingerprint density at radius 3 is 2.22 bits per heavy atom. The molecule has 0 saturated heterocycles. The fraction of sp³-hybridized carbons (Fsp3) is 0.222. The number of carbonyl (C=O) groups excluding carboxylic acids is 2. The van der Waals surface area contributed by atoms with Gasteiger partial charge in [0.2, 0.25) is 0 Å². The SMILES string of the molecule is COCCOCOC(=O)c1ccc(-c2ccc(OCc3ccccc3)cc2C(=O)O)c(C(=O)OC)c1. The highest BCUT2D eigenvalue weighted by atomic mass is 16.7. The van der Waals surface area contributed by atoms with Crippen LogP contribution in [-0.2, 0) is 25.6 Å². The molecule has 0 unspecified atom stereocenters. The summed E-state index contributed by atoms with van der Waals surface area (Å²) < 4.78 is 25.6. The van der Waals surface area contributed by atoms with Crippen LogP contribution in [0.4, 0.5) is 0 Å². The van der Waals surface area contributed by atoms with E-state index in [0.717, 1.165) is 5.56 Å². The van der Waals surface area contributed by atoms with E-state index in [0.29, 0.717) is 12.4 Å². The standard InChI is InChI=1S/C27H26O9/c1-32-12-13-34-17-36-26(30)19-8-10-22(24(14-19)27(31)33-2)21-11-9-20(15-23(21)25(28)29)35-16-18-6-4-3-5-7-18/h3-11,14-15H,12-13,16-17H2,1-2H3,(H,28,29). The molecular weight excluding hydrogens is 468 g/mol. The number of ether oxygens (including phenoxy) is 5. The van der Waals surface area contributed by atoms with Gasteiger partial charge in [0.25, 0.3) is 0 Å². The number of methoxy groups -OCH3 is 2. The van der Waals surface area contributed by atoms with Crippen LogP contribution in [0.25, 0.3) is 11.1 Å². The summed E-state index contributed by atoms with van der Waals surface area (Å²) in [7, 11) is 2.71. The fourth-order valence-electron chi connectivity index (χ4n) is 3.33. The Bertz CT molecular complexity index is 1210. The van der Waals surface area contributed by atoms with E-state index in [4.69, 9.17) is 23.7 Å².